The van der Waals surface area contributed by atoms with Gasteiger partial charge in [-0.2, -0.15) is 18.3 Å². The summed E-state index contributed by atoms with van der Waals surface area (Å²) < 4.78 is 48.6. The number of carbonyl (C=O) groups excluding carboxylic acids is 2. The van der Waals surface area contributed by atoms with Gasteiger partial charge in [0.15, 0.2) is 0 Å². The number of rotatable bonds is 9. The summed E-state index contributed by atoms with van der Waals surface area (Å²) >= 11 is 0. The number of aromatic nitrogens is 3. The minimum absolute atomic E-state index is 0.0669. The lowest BCUT2D eigenvalue weighted by atomic mass is 10.1. The monoisotopic (exact) mass is 606 g/mol. The predicted molar refractivity (Wildman–Crippen MR) is 160 cm³/mol. The lowest BCUT2D eigenvalue weighted by Gasteiger charge is -2.36. The first-order valence-corrected chi connectivity index (χ1v) is 14.4. The molecular weight excluding hydrogens is 573 g/mol. The molecule has 4 aromatic rings. The van der Waals surface area contributed by atoms with E-state index in [1.807, 2.05) is 26.0 Å². The normalized spacial score (nSPS) is 13.6. The number of ether oxygens (including phenoxy) is 1. The number of nitrogens with zero attached hydrogens (tertiary/aromatic N) is 5. The van der Waals surface area contributed by atoms with Gasteiger partial charge >= 0.3 is 6.18 Å². The third-order valence-corrected chi connectivity index (χ3v) is 7.29. The van der Waals surface area contributed by atoms with Gasteiger partial charge in [0, 0.05) is 73.1 Å². The van der Waals surface area contributed by atoms with Crippen molar-refractivity contribution in [2.24, 2.45) is 0 Å². The molecule has 0 bridgehead atoms. The standard InChI is InChI=1S/C32H33F3N6O3/c1-3-9-37-30(42)22-5-7-27(8-6-22)39-10-12-40(13-11-39)31(43)23-14-26(32(33,34)35)17-28(15-23)41-21-25(19-38-41)24-16-29(44-4-2)20-36-18-24/h5-8,14-21H,3-4,9-13H2,1-2H3,(H,37,42). The van der Waals surface area contributed by atoms with E-state index in [0.29, 0.717) is 61.8 Å². The molecule has 0 atom stereocenters. The van der Waals surface area contributed by atoms with Gasteiger partial charge in [-0.25, -0.2) is 4.68 Å². The van der Waals surface area contributed by atoms with E-state index in [9.17, 15) is 22.8 Å². The van der Waals surface area contributed by atoms with Crippen LogP contribution in [0.4, 0.5) is 18.9 Å². The second-order valence-electron chi connectivity index (χ2n) is 10.4. The Morgan fingerprint density at radius 1 is 0.886 bits per heavy atom. The third-order valence-electron chi connectivity index (χ3n) is 7.29. The van der Waals surface area contributed by atoms with Gasteiger partial charge in [0.2, 0.25) is 0 Å². The average Bonchev–Trinajstić information content (AvgIpc) is 3.54. The van der Waals surface area contributed by atoms with Crippen molar-refractivity contribution in [3.63, 3.8) is 0 Å². The highest BCUT2D eigenvalue weighted by atomic mass is 19.4. The van der Waals surface area contributed by atoms with Crippen molar-refractivity contribution in [2.75, 3.05) is 44.2 Å². The van der Waals surface area contributed by atoms with Crippen LogP contribution in [-0.4, -0.2) is 70.8 Å². The van der Waals surface area contributed by atoms with Crippen molar-refractivity contribution in [1.29, 1.82) is 0 Å². The third kappa shape index (κ3) is 7.01. The van der Waals surface area contributed by atoms with Crippen LogP contribution in [0.2, 0.25) is 0 Å². The summed E-state index contributed by atoms with van der Waals surface area (Å²) in [5.74, 6) is -0.0500. The van der Waals surface area contributed by atoms with Crippen molar-refractivity contribution >= 4 is 17.5 Å². The average molecular weight is 607 g/mol. The van der Waals surface area contributed by atoms with E-state index in [1.165, 1.54) is 16.9 Å². The Morgan fingerprint density at radius 2 is 1.64 bits per heavy atom. The summed E-state index contributed by atoms with van der Waals surface area (Å²) in [6.45, 7) is 6.56. The second kappa shape index (κ2) is 13.2. The van der Waals surface area contributed by atoms with Gasteiger partial charge < -0.3 is 19.9 Å². The SMILES string of the molecule is CCCNC(=O)c1ccc(N2CCN(C(=O)c3cc(-n4cc(-c5cncc(OCC)c5)cn4)cc(C(F)(F)F)c3)CC2)cc1. The van der Waals surface area contributed by atoms with E-state index >= 15 is 0 Å². The summed E-state index contributed by atoms with van der Waals surface area (Å²) in [5.41, 5.74) is 1.91. The number of alkyl halides is 3. The number of anilines is 1. The molecule has 1 fully saturated rings. The smallest absolute Gasteiger partial charge is 0.416 e. The maximum atomic E-state index is 13.9. The van der Waals surface area contributed by atoms with Gasteiger partial charge in [-0.05, 0) is 61.9 Å². The zero-order valence-corrected chi connectivity index (χ0v) is 24.5. The fourth-order valence-electron chi connectivity index (χ4n) is 4.98. The first-order chi connectivity index (χ1) is 21.2. The van der Waals surface area contributed by atoms with Gasteiger partial charge in [0.1, 0.15) is 5.75 Å². The van der Waals surface area contributed by atoms with Crippen molar-refractivity contribution in [1.82, 2.24) is 25.0 Å². The van der Waals surface area contributed by atoms with Crippen LogP contribution in [0.25, 0.3) is 16.8 Å². The predicted octanol–water partition coefficient (Wildman–Crippen LogP) is 5.45. The van der Waals surface area contributed by atoms with E-state index in [2.05, 4.69) is 20.3 Å². The zero-order valence-electron chi connectivity index (χ0n) is 24.5. The molecule has 0 aliphatic carbocycles. The number of piperazine rings is 1. The van der Waals surface area contributed by atoms with E-state index in [-0.39, 0.29) is 17.2 Å². The number of amides is 2. The molecule has 2 aromatic heterocycles. The second-order valence-corrected chi connectivity index (χ2v) is 10.4. The van der Waals surface area contributed by atoms with Crippen LogP contribution in [0.1, 0.15) is 46.5 Å². The molecule has 230 valence electrons. The van der Waals surface area contributed by atoms with Gasteiger partial charge in [-0.3, -0.25) is 14.6 Å². The molecule has 2 aromatic carbocycles. The molecule has 1 N–H and O–H groups in total. The topological polar surface area (TPSA) is 92.6 Å². The van der Waals surface area contributed by atoms with E-state index in [1.54, 1.807) is 41.7 Å². The molecule has 2 amide bonds. The minimum atomic E-state index is -4.66. The summed E-state index contributed by atoms with van der Waals surface area (Å²) in [5, 5.41) is 7.12. The van der Waals surface area contributed by atoms with Crippen LogP contribution in [0.15, 0.2) is 73.3 Å². The zero-order chi connectivity index (χ0) is 31.3. The van der Waals surface area contributed by atoms with Crippen LogP contribution in [0.5, 0.6) is 5.75 Å². The van der Waals surface area contributed by atoms with Crippen LogP contribution >= 0.6 is 0 Å². The Kier molecular flexibility index (Phi) is 9.17. The Labute approximate surface area is 253 Å². The van der Waals surface area contributed by atoms with Crippen LogP contribution < -0.4 is 15.0 Å². The number of pyridine rings is 1. The molecule has 0 radical (unpaired) electrons. The van der Waals surface area contributed by atoms with Crippen LogP contribution in [-0.2, 0) is 6.18 Å². The molecule has 12 heteroatoms. The van der Waals surface area contributed by atoms with Crippen molar-refractivity contribution in [2.45, 2.75) is 26.4 Å². The fourth-order valence-corrected chi connectivity index (χ4v) is 4.98. The summed E-state index contributed by atoms with van der Waals surface area (Å²) in [6, 6.07) is 12.3. The number of hydrogen-bond donors (Lipinski definition) is 1. The minimum Gasteiger partial charge on any atom is -0.492 e. The molecule has 3 heterocycles. The number of halogens is 3. The molecule has 1 aliphatic rings. The molecule has 1 saturated heterocycles. The summed E-state index contributed by atoms with van der Waals surface area (Å²) in [4.78, 5) is 33.5. The highest BCUT2D eigenvalue weighted by Crippen LogP contribution is 2.33. The largest absolute Gasteiger partial charge is 0.492 e. The molecule has 44 heavy (non-hydrogen) atoms. The molecule has 0 saturated carbocycles. The number of benzene rings is 2. The first kappa shape index (κ1) is 30.6. The maximum absolute atomic E-state index is 13.9. The fraction of sp³-hybridized carbons (Fsp3) is 0.312. The highest BCUT2D eigenvalue weighted by Gasteiger charge is 2.33. The molecule has 1 aliphatic heterocycles. The molecule has 5 rings (SSSR count). The van der Waals surface area contributed by atoms with E-state index < -0.39 is 17.6 Å². The Balaban J connectivity index is 1.32. The first-order valence-electron chi connectivity index (χ1n) is 14.4. The molecule has 9 nitrogen and oxygen atoms in total. The lowest BCUT2D eigenvalue weighted by Crippen LogP contribution is -2.48. The lowest BCUT2D eigenvalue weighted by molar-refractivity contribution is -0.137. The summed E-state index contributed by atoms with van der Waals surface area (Å²) in [6.07, 6.45) is 2.50. The maximum Gasteiger partial charge on any atom is 0.416 e. The molecular formula is C32H33F3N6O3. The Bertz CT molecular complexity index is 1610. The number of carbonyl (C=O) groups is 2. The van der Waals surface area contributed by atoms with Crippen molar-refractivity contribution in [3.05, 3.63) is 90.0 Å². The Morgan fingerprint density at radius 3 is 2.32 bits per heavy atom. The Hall–Kier alpha value is -4.87. The van der Waals surface area contributed by atoms with Crippen molar-refractivity contribution < 1.29 is 27.5 Å². The van der Waals surface area contributed by atoms with Crippen LogP contribution in [0, 0.1) is 0 Å². The quantitative estimate of drug-likeness (QED) is 0.272. The van der Waals surface area contributed by atoms with Gasteiger partial charge in [-0.1, -0.05) is 6.92 Å². The highest BCUT2D eigenvalue weighted by molar-refractivity contribution is 5.95. The summed E-state index contributed by atoms with van der Waals surface area (Å²) in [7, 11) is 0. The molecule has 0 spiro atoms. The van der Waals surface area contributed by atoms with Gasteiger partial charge in [0.25, 0.3) is 11.8 Å². The number of nitrogens with one attached hydrogen (secondary N) is 1. The number of hydrogen-bond acceptors (Lipinski definition) is 6. The van der Waals surface area contributed by atoms with E-state index in [4.69, 9.17) is 4.74 Å². The van der Waals surface area contributed by atoms with E-state index in [0.717, 1.165) is 24.2 Å². The van der Waals surface area contributed by atoms with Gasteiger partial charge in [0.05, 0.1) is 30.3 Å². The van der Waals surface area contributed by atoms with Crippen molar-refractivity contribution in [3.8, 4) is 22.6 Å². The molecule has 0 unspecified atom stereocenters. The van der Waals surface area contributed by atoms with Crippen LogP contribution in [0.3, 0.4) is 0 Å². The van der Waals surface area contributed by atoms with Gasteiger partial charge in [-0.15, -0.1) is 0 Å².